The predicted molar refractivity (Wildman–Crippen MR) is 329 cm³/mol. The SMILES string of the molecule is c1ccc(-c2ccc(N(c3cc(N(c4ccc(-c5ccccc5)cc4)c4ccc5sc6ccccc6c5c4)cc(N(c4ccccc4)c4cccc5c4oc4ccccc45)c3)c3ccc4oc5ccccc5c4c3)cc2)cc1. The van der Waals surface area contributed by atoms with Gasteiger partial charge in [-0.2, -0.15) is 0 Å². The maximum atomic E-state index is 6.90. The van der Waals surface area contributed by atoms with Crippen molar-refractivity contribution in [2.24, 2.45) is 0 Å². The number of hydrogen-bond donors (Lipinski definition) is 0. The molecule has 15 rings (SSSR count). The van der Waals surface area contributed by atoms with E-state index in [9.17, 15) is 0 Å². The summed E-state index contributed by atoms with van der Waals surface area (Å²) in [7, 11) is 0. The normalized spacial score (nSPS) is 11.6. The molecule has 3 heterocycles. The molecule has 78 heavy (non-hydrogen) atoms. The summed E-state index contributed by atoms with van der Waals surface area (Å²) >= 11 is 1.83. The van der Waals surface area contributed by atoms with Crippen molar-refractivity contribution < 1.29 is 8.83 Å². The van der Waals surface area contributed by atoms with E-state index < -0.39 is 0 Å². The van der Waals surface area contributed by atoms with Gasteiger partial charge in [-0.25, -0.2) is 0 Å². The summed E-state index contributed by atoms with van der Waals surface area (Å²) in [6.07, 6.45) is 0. The fourth-order valence-electron chi connectivity index (χ4n) is 11.3. The first-order valence-electron chi connectivity index (χ1n) is 26.3. The Morgan fingerprint density at radius 2 is 0.654 bits per heavy atom. The van der Waals surface area contributed by atoms with Gasteiger partial charge in [0.25, 0.3) is 0 Å². The van der Waals surface area contributed by atoms with Crippen LogP contribution < -0.4 is 14.7 Å². The molecule has 12 aromatic carbocycles. The molecule has 0 N–H and O–H groups in total. The molecule has 0 saturated heterocycles. The molecule has 0 fully saturated rings. The first kappa shape index (κ1) is 45.3. The lowest BCUT2D eigenvalue weighted by Gasteiger charge is -2.33. The zero-order valence-corrected chi connectivity index (χ0v) is 43.0. The molecule has 15 aromatic rings. The van der Waals surface area contributed by atoms with Gasteiger partial charge in [0.05, 0.1) is 22.7 Å². The number of fused-ring (bicyclic) bond motifs is 9. The lowest BCUT2D eigenvalue weighted by Crippen LogP contribution is -2.16. The second-order valence-electron chi connectivity index (χ2n) is 19.7. The molecule has 0 atom stereocenters. The van der Waals surface area contributed by atoms with Gasteiger partial charge in [0, 0.05) is 70.2 Å². The molecule has 0 unspecified atom stereocenters. The fraction of sp³-hybridized carbons (Fsp3) is 0. The van der Waals surface area contributed by atoms with Crippen LogP contribution in [0.5, 0.6) is 0 Å². The molecule has 6 heteroatoms. The number of furan rings is 2. The largest absolute Gasteiger partial charge is 0.456 e. The molecule has 0 aliphatic rings. The highest BCUT2D eigenvalue weighted by atomic mass is 32.1. The molecule has 368 valence electrons. The molecule has 0 aliphatic heterocycles. The van der Waals surface area contributed by atoms with Gasteiger partial charge < -0.3 is 23.5 Å². The lowest BCUT2D eigenvalue weighted by molar-refractivity contribution is 0.668. The minimum atomic E-state index is 0.809. The van der Waals surface area contributed by atoms with E-state index in [1.807, 2.05) is 29.5 Å². The summed E-state index contributed by atoms with van der Waals surface area (Å²) in [6.45, 7) is 0. The van der Waals surface area contributed by atoms with Gasteiger partial charge in [-0.1, -0.05) is 170 Å². The molecule has 0 spiro atoms. The quantitative estimate of drug-likeness (QED) is 0.129. The van der Waals surface area contributed by atoms with E-state index >= 15 is 0 Å². The van der Waals surface area contributed by atoms with Crippen LogP contribution in [0, 0.1) is 0 Å². The van der Waals surface area contributed by atoms with Crippen LogP contribution >= 0.6 is 11.3 Å². The Balaban J connectivity index is 1.02. The smallest absolute Gasteiger partial charge is 0.159 e. The van der Waals surface area contributed by atoms with E-state index in [2.05, 4.69) is 282 Å². The minimum absolute atomic E-state index is 0.809. The van der Waals surface area contributed by atoms with E-state index in [1.54, 1.807) is 0 Å². The summed E-state index contributed by atoms with van der Waals surface area (Å²) < 4.78 is 15.9. The van der Waals surface area contributed by atoms with Crippen molar-refractivity contribution in [3.05, 3.63) is 285 Å². The summed E-state index contributed by atoms with van der Waals surface area (Å²) in [4.78, 5) is 7.16. The number of benzene rings is 12. The number of hydrogen-bond acceptors (Lipinski definition) is 6. The van der Waals surface area contributed by atoms with E-state index in [0.29, 0.717) is 0 Å². The van der Waals surface area contributed by atoms with Crippen LogP contribution in [0.3, 0.4) is 0 Å². The monoisotopic (exact) mass is 1020 g/mol. The number of nitrogens with zero attached hydrogens (tertiary/aromatic N) is 3. The summed E-state index contributed by atoms with van der Waals surface area (Å²) in [5, 5.41) is 6.71. The summed E-state index contributed by atoms with van der Waals surface area (Å²) in [6, 6.07) is 102. The molecule has 0 aliphatic carbocycles. The van der Waals surface area contributed by atoms with Crippen molar-refractivity contribution >= 4 is 127 Å². The number of thiophene rings is 1. The predicted octanol–water partition coefficient (Wildman–Crippen LogP) is 21.6. The van der Waals surface area contributed by atoms with E-state index in [1.165, 1.54) is 25.7 Å². The Hall–Kier alpha value is -10.1. The number of rotatable bonds is 11. The van der Waals surface area contributed by atoms with Crippen molar-refractivity contribution in [1.29, 1.82) is 0 Å². The van der Waals surface area contributed by atoms with E-state index in [-0.39, 0.29) is 0 Å². The highest BCUT2D eigenvalue weighted by molar-refractivity contribution is 7.25. The standard InChI is InChI=1S/C72H47N3O2S/c1-4-17-48(18-5-1)50-31-35-53(36-32-50)73(55-39-41-69-64(46-55)61-24-11-13-28-67(61)76-69)57-43-58(45-59(44-57)75(52-21-8-3-9-22-52)66-27-16-26-63-60-23-10-14-29-68(60)77-72(63)66)74(54-37-33-51(34-38-54)49-19-6-2-7-20-49)56-40-42-71-65(47-56)62-25-12-15-30-70(62)78-71/h1-47H. The molecule has 5 nitrogen and oxygen atoms in total. The third kappa shape index (κ3) is 7.93. The Morgan fingerprint density at radius 3 is 1.28 bits per heavy atom. The lowest BCUT2D eigenvalue weighted by atomic mass is 10.0. The second kappa shape index (κ2) is 18.9. The van der Waals surface area contributed by atoms with Crippen LogP contribution in [0.1, 0.15) is 0 Å². The Kier molecular flexibility index (Phi) is 11.0. The highest BCUT2D eigenvalue weighted by Gasteiger charge is 2.26. The molecular weight excluding hydrogens is 971 g/mol. The van der Waals surface area contributed by atoms with Gasteiger partial charge in [0.2, 0.25) is 0 Å². The third-order valence-corrected chi connectivity index (χ3v) is 16.2. The summed E-state index contributed by atoms with van der Waals surface area (Å²) in [5.74, 6) is 0. The van der Waals surface area contributed by atoms with Gasteiger partial charge in [0.1, 0.15) is 16.7 Å². The maximum Gasteiger partial charge on any atom is 0.159 e. The average molecular weight is 1020 g/mol. The van der Waals surface area contributed by atoms with Crippen LogP contribution in [-0.2, 0) is 0 Å². The molecule has 0 radical (unpaired) electrons. The van der Waals surface area contributed by atoms with Crippen LogP contribution in [0.2, 0.25) is 0 Å². The number of anilines is 9. The van der Waals surface area contributed by atoms with Crippen molar-refractivity contribution in [1.82, 2.24) is 0 Å². The first-order chi connectivity index (χ1) is 38.6. The minimum Gasteiger partial charge on any atom is -0.456 e. The van der Waals surface area contributed by atoms with Crippen molar-refractivity contribution in [2.75, 3.05) is 14.7 Å². The molecular formula is C72H47N3O2S. The first-order valence-corrected chi connectivity index (χ1v) is 27.1. The third-order valence-electron chi connectivity index (χ3n) is 15.0. The van der Waals surface area contributed by atoms with E-state index in [0.717, 1.165) is 112 Å². The van der Waals surface area contributed by atoms with Gasteiger partial charge >= 0.3 is 0 Å². The Morgan fingerprint density at radius 1 is 0.231 bits per heavy atom. The van der Waals surface area contributed by atoms with Crippen molar-refractivity contribution in [3.63, 3.8) is 0 Å². The zero-order chi connectivity index (χ0) is 51.5. The van der Waals surface area contributed by atoms with Gasteiger partial charge in [-0.15, -0.1) is 11.3 Å². The van der Waals surface area contributed by atoms with Crippen molar-refractivity contribution in [3.8, 4) is 22.3 Å². The van der Waals surface area contributed by atoms with Crippen molar-refractivity contribution in [2.45, 2.75) is 0 Å². The summed E-state index contributed by atoms with van der Waals surface area (Å²) in [5.41, 5.74) is 16.8. The van der Waals surface area contributed by atoms with Crippen LogP contribution in [0.4, 0.5) is 51.2 Å². The fourth-order valence-corrected chi connectivity index (χ4v) is 12.4. The zero-order valence-electron chi connectivity index (χ0n) is 42.2. The topological polar surface area (TPSA) is 36.0 Å². The molecule has 0 amide bonds. The van der Waals surface area contributed by atoms with Gasteiger partial charge in [0.15, 0.2) is 5.58 Å². The van der Waals surface area contributed by atoms with Gasteiger partial charge in [-0.05, 0) is 138 Å². The van der Waals surface area contributed by atoms with Gasteiger partial charge in [-0.3, -0.25) is 0 Å². The highest BCUT2D eigenvalue weighted by Crippen LogP contribution is 2.50. The van der Waals surface area contributed by atoms with Crippen LogP contribution in [0.25, 0.3) is 86.3 Å². The number of para-hydroxylation sites is 4. The molecule has 3 aromatic heterocycles. The Bertz CT molecular complexity index is 4460. The molecule has 0 bridgehead atoms. The van der Waals surface area contributed by atoms with Crippen LogP contribution in [-0.4, -0.2) is 0 Å². The molecule has 0 saturated carbocycles. The maximum absolute atomic E-state index is 6.90. The second-order valence-corrected chi connectivity index (χ2v) is 20.8. The van der Waals surface area contributed by atoms with E-state index in [4.69, 9.17) is 8.83 Å². The average Bonchev–Trinajstić information content (AvgIpc) is 4.24. The van der Waals surface area contributed by atoms with Crippen LogP contribution in [0.15, 0.2) is 294 Å². The Labute approximate surface area is 454 Å².